The maximum atomic E-state index is 8.74. The zero-order valence-corrected chi connectivity index (χ0v) is 10.6. The summed E-state index contributed by atoms with van der Waals surface area (Å²) in [6, 6.07) is 3.14. The van der Waals surface area contributed by atoms with Crippen LogP contribution < -0.4 is 11.3 Å². The second kappa shape index (κ2) is 6.45. The first kappa shape index (κ1) is 15.7. The highest BCUT2D eigenvalue weighted by atomic mass is 35.5. The molecule has 0 aliphatic carbocycles. The molecule has 0 amide bonds. The highest BCUT2D eigenvalue weighted by Gasteiger charge is 2.04. The van der Waals surface area contributed by atoms with E-state index in [0.29, 0.717) is 20.8 Å². The molecule has 0 aliphatic rings. The lowest BCUT2D eigenvalue weighted by Crippen LogP contribution is -2.07. The van der Waals surface area contributed by atoms with Gasteiger partial charge >= 0.3 is 10.4 Å². The zero-order valence-electron chi connectivity index (χ0n) is 7.49. The molecule has 0 fully saturated rings. The summed E-state index contributed by atoms with van der Waals surface area (Å²) >= 11 is 17.1. The Morgan fingerprint density at radius 1 is 1.19 bits per heavy atom. The van der Waals surface area contributed by atoms with Gasteiger partial charge in [0, 0.05) is 5.02 Å². The predicted octanol–water partition coefficient (Wildman–Crippen LogP) is 2.28. The van der Waals surface area contributed by atoms with Crippen LogP contribution in [-0.2, 0) is 10.4 Å². The maximum absolute atomic E-state index is 8.74. The molecule has 0 aromatic heterocycles. The van der Waals surface area contributed by atoms with Crippen LogP contribution >= 0.6 is 34.8 Å². The monoisotopic (exact) mass is 308 g/mol. The Labute approximate surface area is 107 Å². The van der Waals surface area contributed by atoms with Gasteiger partial charge in [0.25, 0.3) is 0 Å². The van der Waals surface area contributed by atoms with E-state index in [-0.39, 0.29) is 0 Å². The molecule has 0 saturated heterocycles. The van der Waals surface area contributed by atoms with Crippen molar-refractivity contribution in [3.05, 3.63) is 27.2 Å². The summed E-state index contributed by atoms with van der Waals surface area (Å²) in [5.41, 5.74) is 2.89. The Morgan fingerprint density at radius 2 is 1.62 bits per heavy atom. The minimum atomic E-state index is -4.67. The van der Waals surface area contributed by atoms with Gasteiger partial charge in [-0.2, -0.15) is 8.42 Å². The van der Waals surface area contributed by atoms with Crippen molar-refractivity contribution in [2.75, 3.05) is 5.43 Å². The molecule has 1 rings (SSSR count). The first-order valence-electron chi connectivity index (χ1n) is 3.46. The van der Waals surface area contributed by atoms with Gasteiger partial charge in [-0.15, -0.1) is 0 Å². The largest absolute Gasteiger partial charge is 0.394 e. The second-order valence-corrected chi connectivity index (χ2v) is 4.46. The number of anilines is 1. The van der Waals surface area contributed by atoms with Gasteiger partial charge in [0.2, 0.25) is 0 Å². The van der Waals surface area contributed by atoms with Gasteiger partial charge in [0.15, 0.2) is 0 Å². The lowest BCUT2D eigenvalue weighted by atomic mass is 10.3. The Hall–Kier alpha value is -0.280. The van der Waals surface area contributed by atoms with Crippen LogP contribution in [0.4, 0.5) is 5.69 Å². The van der Waals surface area contributed by atoms with Crippen molar-refractivity contribution in [2.45, 2.75) is 0 Å². The summed E-state index contributed by atoms with van der Waals surface area (Å²) in [7, 11) is -4.67. The number of hydrazine groups is 1. The summed E-state index contributed by atoms with van der Waals surface area (Å²) in [6.07, 6.45) is 0. The van der Waals surface area contributed by atoms with Gasteiger partial charge in [-0.25, -0.2) is 0 Å². The van der Waals surface area contributed by atoms with E-state index in [1.165, 1.54) is 0 Å². The van der Waals surface area contributed by atoms with E-state index in [1.807, 2.05) is 0 Å². The fraction of sp³-hybridized carbons (Fsp3) is 0. The van der Waals surface area contributed by atoms with Crippen molar-refractivity contribution >= 4 is 50.9 Å². The highest BCUT2D eigenvalue weighted by Crippen LogP contribution is 2.32. The van der Waals surface area contributed by atoms with Crippen LogP contribution in [0.3, 0.4) is 0 Å². The molecule has 6 nitrogen and oxygen atoms in total. The SMILES string of the molecule is NNc1cc(Cl)cc(Cl)c1Cl.O=S(=O)(O)O. The molecule has 1 aromatic carbocycles. The number of rotatable bonds is 1. The number of halogens is 3. The van der Waals surface area contributed by atoms with Gasteiger partial charge in [0.1, 0.15) is 0 Å². The summed E-state index contributed by atoms with van der Waals surface area (Å²) in [5.74, 6) is 5.14. The van der Waals surface area contributed by atoms with Crippen molar-refractivity contribution in [1.82, 2.24) is 0 Å². The number of hydrogen-bond acceptors (Lipinski definition) is 4. The highest BCUT2D eigenvalue weighted by molar-refractivity contribution is 7.79. The zero-order chi connectivity index (χ0) is 12.9. The van der Waals surface area contributed by atoms with E-state index >= 15 is 0 Å². The molecule has 0 heterocycles. The lowest BCUT2D eigenvalue weighted by Gasteiger charge is -2.04. The van der Waals surface area contributed by atoms with Crippen LogP contribution in [0.1, 0.15) is 0 Å². The van der Waals surface area contributed by atoms with Crippen molar-refractivity contribution in [3.8, 4) is 0 Å². The van der Waals surface area contributed by atoms with Crippen molar-refractivity contribution in [1.29, 1.82) is 0 Å². The van der Waals surface area contributed by atoms with Crippen molar-refractivity contribution < 1.29 is 17.5 Å². The van der Waals surface area contributed by atoms with Gasteiger partial charge in [-0.05, 0) is 12.1 Å². The quantitative estimate of drug-likeness (QED) is 0.274. The molecular formula is C6H7Cl3N2O4S. The number of nitrogens with two attached hydrogens (primary N) is 1. The van der Waals surface area contributed by atoms with Crippen LogP contribution in [0, 0.1) is 0 Å². The van der Waals surface area contributed by atoms with Gasteiger partial charge in [-0.3, -0.25) is 14.9 Å². The van der Waals surface area contributed by atoms with E-state index in [2.05, 4.69) is 5.43 Å². The summed E-state index contributed by atoms with van der Waals surface area (Å²) in [6.45, 7) is 0. The Kier molecular flexibility index (Phi) is 6.34. The van der Waals surface area contributed by atoms with Crippen LogP contribution in [0.2, 0.25) is 15.1 Å². The molecule has 0 saturated carbocycles. The molecule has 0 radical (unpaired) electrons. The number of hydrogen-bond donors (Lipinski definition) is 4. The van der Waals surface area contributed by atoms with Crippen LogP contribution in [-0.4, -0.2) is 17.5 Å². The molecule has 0 aliphatic heterocycles. The molecule has 0 unspecified atom stereocenters. The summed E-state index contributed by atoms with van der Waals surface area (Å²) in [5, 5.41) is 1.25. The minimum Gasteiger partial charge on any atom is -0.323 e. The van der Waals surface area contributed by atoms with E-state index in [4.69, 9.17) is 58.2 Å². The van der Waals surface area contributed by atoms with Crippen molar-refractivity contribution in [2.24, 2.45) is 5.84 Å². The topological polar surface area (TPSA) is 113 Å². The van der Waals surface area contributed by atoms with Gasteiger partial charge in [0.05, 0.1) is 15.7 Å². The average Bonchev–Trinajstić information content (AvgIpc) is 2.08. The lowest BCUT2D eigenvalue weighted by molar-refractivity contribution is 0.381. The molecular weight excluding hydrogens is 303 g/mol. The first-order chi connectivity index (χ1) is 7.15. The Balaban J connectivity index is 0.000000385. The normalized spacial score (nSPS) is 10.4. The molecule has 0 atom stereocenters. The molecule has 10 heteroatoms. The van der Waals surface area contributed by atoms with Crippen LogP contribution in [0.5, 0.6) is 0 Å². The fourth-order valence-corrected chi connectivity index (χ4v) is 1.32. The van der Waals surface area contributed by atoms with Crippen LogP contribution in [0.15, 0.2) is 12.1 Å². The number of nitrogens with one attached hydrogen (secondary N) is 1. The van der Waals surface area contributed by atoms with E-state index in [9.17, 15) is 0 Å². The fourth-order valence-electron chi connectivity index (χ4n) is 0.661. The third kappa shape index (κ3) is 7.07. The molecule has 5 N–H and O–H groups in total. The van der Waals surface area contributed by atoms with E-state index in [0.717, 1.165) is 0 Å². The third-order valence-corrected chi connectivity index (χ3v) is 2.17. The van der Waals surface area contributed by atoms with Crippen LogP contribution in [0.25, 0.3) is 0 Å². The minimum absolute atomic E-state index is 0.374. The van der Waals surface area contributed by atoms with Gasteiger partial charge < -0.3 is 5.43 Å². The average molecular weight is 310 g/mol. The standard InChI is InChI=1S/C6H5Cl3N2.H2O4S/c7-3-1-4(8)6(9)5(2-3)11-10;1-5(2,3)4/h1-2,11H,10H2;(H2,1,2,3,4). The first-order valence-corrected chi connectivity index (χ1v) is 5.99. The maximum Gasteiger partial charge on any atom is 0.394 e. The van der Waals surface area contributed by atoms with E-state index < -0.39 is 10.4 Å². The molecule has 92 valence electrons. The summed E-state index contributed by atoms with van der Waals surface area (Å²) in [4.78, 5) is 0. The van der Waals surface area contributed by atoms with Gasteiger partial charge in [-0.1, -0.05) is 34.8 Å². The van der Waals surface area contributed by atoms with Crippen molar-refractivity contribution in [3.63, 3.8) is 0 Å². The molecule has 1 aromatic rings. The summed E-state index contributed by atoms with van der Waals surface area (Å²) < 4.78 is 31.6. The predicted molar refractivity (Wildman–Crippen MR) is 63.5 cm³/mol. The molecule has 0 spiro atoms. The smallest absolute Gasteiger partial charge is 0.323 e. The second-order valence-electron chi connectivity index (χ2n) is 2.34. The Bertz CT molecular complexity index is 457. The number of benzene rings is 1. The Morgan fingerprint density at radius 3 is 2.00 bits per heavy atom. The van der Waals surface area contributed by atoms with E-state index in [1.54, 1.807) is 12.1 Å². The third-order valence-electron chi connectivity index (χ3n) is 1.15. The molecule has 16 heavy (non-hydrogen) atoms. The molecule has 0 bridgehead atoms. The number of nitrogen functional groups attached to an aromatic ring is 1.